The fourth-order valence-electron chi connectivity index (χ4n) is 2.55. The number of halogens is 1. The normalized spacial score (nSPS) is 12.6. The SMILES string of the molecule is COc1cc(OCC(CC(C)(C)OC(N)=O)C(C)C)c(C=O)cc1F. The minimum atomic E-state index is -0.833. The van der Waals surface area contributed by atoms with Crippen LogP contribution in [0.3, 0.4) is 0 Å². The molecule has 0 aromatic heterocycles. The fraction of sp³-hybridized carbons (Fsp3) is 0.556. The molecular weight excluding hydrogens is 329 g/mol. The highest BCUT2D eigenvalue weighted by Crippen LogP contribution is 2.30. The second kappa shape index (κ2) is 8.69. The molecule has 0 aliphatic carbocycles. The Kier molecular flexibility index (Phi) is 7.21. The molecular formula is C18H26FNO5. The Morgan fingerprint density at radius 3 is 2.44 bits per heavy atom. The highest BCUT2D eigenvalue weighted by Gasteiger charge is 2.29. The van der Waals surface area contributed by atoms with Gasteiger partial charge in [-0.25, -0.2) is 9.18 Å². The lowest BCUT2D eigenvalue weighted by Gasteiger charge is -2.31. The maximum atomic E-state index is 13.7. The number of carbonyl (C=O) groups is 2. The predicted molar refractivity (Wildman–Crippen MR) is 91.5 cm³/mol. The number of hydrogen-bond donors (Lipinski definition) is 1. The van der Waals surface area contributed by atoms with Gasteiger partial charge in [0, 0.05) is 6.07 Å². The lowest BCUT2D eigenvalue weighted by atomic mass is 9.86. The minimum Gasteiger partial charge on any atom is -0.494 e. The summed E-state index contributed by atoms with van der Waals surface area (Å²) >= 11 is 0. The molecule has 0 bridgehead atoms. The number of amides is 1. The molecule has 1 amide bonds. The van der Waals surface area contributed by atoms with Crippen LogP contribution in [0.15, 0.2) is 12.1 Å². The molecule has 0 aliphatic heterocycles. The first-order valence-corrected chi connectivity index (χ1v) is 8.03. The second-order valence-corrected chi connectivity index (χ2v) is 6.84. The number of methoxy groups -OCH3 is 1. The monoisotopic (exact) mass is 355 g/mol. The van der Waals surface area contributed by atoms with Gasteiger partial charge in [-0.2, -0.15) is 0 Å². The van der Waals surface area contributed by atoms with E-state index in [1.165, 1.54) is 13.2 Å². The molecule has 1 aromatic rings. The first-order chi connectivity index (χ1) is 11.6. The Balaban J connectivity index is 2.91. The van der Waals surface area contributed by atoms with E-state index in [0.717, 1.165) is 6.07 Å². The average Bonchev–Trinajstić information content (AvgIpc) is 2.50. The van der Waals surface area contributed by atoms with Crippen molar-refractivity contribution in [1.82, 2.24) is 0 Å². The molecule has 0 heterocycles. The standard InChI is InChI=1S/C18H26FNO5/c1-11(2)13(8-18(3,4)25-17(20)22)10-24-15-7-16(23-5)14(19)6-12(15)9-21/h6-7,9,11,13H,8,10H2,1-5H3,(H2,20,22). The van der Waals surface area contributed by atoms with E-state index >= 15 is 0 Å². The largest absolute Gasteiger partial charge is 0.494 e. The van der Waals surface area contributed by atoms with E-state index in [4.69, 9.17) is 19.9 Å². The number of rotatable bonds is 9. The molecule has 1 aromatic carbocycles. The molecule has 0 radical (unpaired) electrons. The molecule has 7 heteroatoms. The third-order valence-corrected chi connectivity index (χ3v) is 3.94. The van der Waals surface area contributed by atoms with Crippen molar-refractivity contribution in [2.75, 3.05) is 13.7 Å². The Morgan fingerprint density at radius 2 is 1.96 bits per heavy atom. The Labute approximate surface area is 147 Å². The van der Waals surface area contributed by atoms with Gasteiger partial charge in [-0.1, -0.05) is 13.8 Å². The minimum absolute atomic E-state index is 0.000844. The van der Waals surface area contributed by atoms with Crippen LogP contribution in [0.4, 0.5) is 9.18 Å². The molecule has 1 rings (SSSR count). The van der Waals surface area contributed by atoms with E-state index in [1.54, 1.807) is 13.8 Å². The maximum absolute atomic E-state index is 13.7. The smallest absolute Gasteiger partial charge is 0.405 e. The molecule has 6 nitrogen and oxygen atoms in total. The number of aldehydes is 1. The van der Waals surface area contributed by atoms with Crippen LogP contribution in [0, 0.1) is 17.7 Å². The van der Waals surface area contributed by atoms with E-state index in [1.807, 2.05) is 13.8 Å². The van der Waals surface area contributed by atoms with Gasteiger partial charge in [0.1, 0.15) is 11.4 Å². The van der Waals surface area contributed by atoms with Crippen molar-refractivity contribution in [3.63, 3.8) is 0 Å². The summed E-state index contributed by atoms with van der Waals surface area (Å²) in [6, 6.07) is 2.42. The van der Waals surface area contributed by atoms with Crippen molar-refractivity contribution in [2.24, 2.45) is 17.6 Å². The zero-order valence-electron chi connectivity index (χ0n) is 15.3. The molecule has 0 spiro atoms. The number of hydrogen-bond acceptors (Lipinski definition) is 5. The van der Waals surface area contributed by atoms with Gasteiger partial charge in [0.05, 0.1) is 19.3 Å². The van der Waals surface area contributed by atoms with E-state index in [2.05, 4.69) is 0 Å². The van der Waals surface area contributed by atoms with E-state index in [0.29, 0.717) is 12.7 Å². The third kappa shape index (κ3) is 6.25. The van der Waals surface area contributed by atoms with Gasteiger partial charge >= 0.3 is 6.09 Å². The molecule has 2 N–H and O–H groups in total. The van der Waals surface area contributed by atoms with Crippen LogP contribution in [0.5, 0.6) is 11.5 Å². The highest BCUT2D eigenvalue weighted by atomic mass is 19.1. The second-order valence-electron chi connectivity index (χ2n) is 6.84. The van der Waals surface area contributed by atoms with Crippen molar-refractivity contribution >= 4 is 12.4 Å². The molecule has 1 atom stereocenters. The quantitative estimate of drug-likeness (QED) is 0.684. The number of primary amides is 1. The molecule has 140 valence electrons. The summed E-state index contributed by atoms with van der Waals surface area (Å²) in [4.78, 5) is 22.2. The van der Waals surface area contributed by atoms with E-state index < -0.39 is 17.5 Å². The molecule has 25 heavy (non-hydrogen) atoms. The van der Waals surface area contributed by atoms with Crippen LogP contribution in [0.2, 0.25) is 0 Å². The number of ether oxygens (including phenoxy) is 3. The molecule has 0 aliphatic rings. The first-order valence-electron chi connectivity index (χ1n) is 8.03. The number of benzene rings is 1. The van der Waals surface area contributed by atoms with Crippen LogP contribution >= 0.6 is 0 Å². The van der Waals surface area contributed by atoms with E-state index in [-0.39, 0.29) is 35.5 Å². The third-order valence-electron chi connectivity index (χ3n) is 3.94. The van der Waals surface area contributed by atoms with Crippen molar-refractivity contribution in [2.45, 2.75) is 39.7 Å². The first kappa shape index (κ1) is 20.7. The summed E-state index contributed by atoms with van der Waals surface area (Å²) < 4.78 is 29.5. The summed E-state index contributed by atoms with van der Waals surface area (Å²) in [6.07, 6.45) is 0.213. The van der Waals surface area contributed by atoms with Gasteiger partial charge < -0.3 is 19.9 Å². The van der Waals surface area contributed by atoms with Crippen LogP contribution < -0.4 is 15.2 Å². The molecule has 0 saturated carbocycles. The van der Waals surface area contributed by atoms with Crippen molar-refractivity contribution in [1.29, 1.82) is 0 Å². The predicted octanol–water partition coefficient (Wildman–Crippen LogP) is 3.56. The van der Waals surface area contributed by atoms with Crippen molar-refractivity contribution in [3.8, 4) is 11.5 Å². The molecule has 0 saturated heterocycles. The summed E-state index contributed by atoms with van der Waals surface area (Å²) in [7, 11) is 1.34. The Hall–Kier alpha value is -2.31. The number of nitrogens with two attached hydrogens (primary N) is 1. The maximum Gasteiger partial charge on any atom is 0.405 e. The summed E-state index contributed by atoms with van der Waals surface area (Å²) in [6.45, 7) is 7.83. The van der Waals surface area contributed by atoms with Gasteiger partial charge in [0.25, 0.3) is 0 Å². The average molecular weight is 355 g/mol. The number of carbonyl (C=O) groups excluding carboxylic acids is 2. The summed E-state index contributed by atoms with van der Waals surface area (Å²) in [5.74, 6) is -0.150. The van der Waals surface area contributed by atoms with Crippen LogP contribution in [0.25, 0.3) is 0 Å². The highest BCUT2D eigenvalue weighted by molar-refractivity contribution is 5.79. The molecule has 1 unspecified atom stereocenters. The van der Waals surface area contributed by atoms with Gasteiger partial charge in [-0.3, -0.25) is 4.79 Å². The van der Waals surface area contributed by atoms with E-state index in [9.17, 15) is 14.0 Å². The zero-order chi connectivity index (χ0) is 19.2. The lowest BCUT2D eigenvalue weighted by molar-refractivity contribution is 0.0127. The topological polar surface area (TPSA) is 87.8 Å². The van der Waals surface area contributed by atoms with Crippen molar-refractivity contribution in [3.05, 3.63) is 23.5 Å². The lowest BCUT2D eigenvalue weighted by Crippen LogP contribution is -2.36. The summed E-state index contributed by atoms with van der Waals surface area (Å²) in [5, 5.41) is 0. The van der Waals surface area contributed by atoms with Crippen LogP contribution in [-0.4, -0.2) is 31.7 Å². The van der Waals surface area contributed by atoms with Gasteiger partial charge in [-0.05, 0) is 38.2 Å². The molecule has 0 fully saturated rings. The zero-order valence-corrected chi connectivity index (χ0v) is 15.3. The Morgan fingerprint density at radius 1 is 1.32 bits per heavy atom. The summed E-state index contributed by atoms with van der Waals surface area (Å²) in [5.41, 5.74) is 4.45. The van der Waals surface area contributed by atoms with Crippen LogP contribution in [0.1, 0.15) is 44.5 Å². The Bertz CT molecular complexity index is 616. The van der Waals surface area contributed by atoms with Gasteiger partial charge in [-0.15, -0.1) is 0 Å². The fourth-order valence-corrected chi connectivity index (χ4v) is 2.55. The van der Waals surface area contributed by atoms with Gasteiger partial charge in [0.15, 0.2) is 17.9 Å². The van der Waals surface area contributed by atoms with Crippen molar-refractivity contribution < 1.29 is 28.2 Å². The van der Waals surface area contributed by atoms with Gasteiger partial charge in [0.2, 0.25) is 0 Å². The van der Waals surface area contributed by atoms with Crippen LogP contribution in [-0.2, 0) is 4.74 Å².